The maximum Gasteiger partial charge on any atom is 0.159 e. The van der Waals surface area contributed by atoms with E-state index in [4.69, 9.17) is 11.6 Å². The van der Waals surface area contributed by atoms with Gasteiger partial charge in [0.25, 0.3) is 0 Å². The fourth-order valence-electron chi connectivity index (χ4n) is 2.33. The highest BCUT2D eigenvalue weighted by Crippen LogP contribution is 2.39. The van der Waals surface area contributed by atoms with E-state index in [1.807, 2.05) is 0 Å². The van der Waals surface area contributed by atoms with E-state index in [0.717, 1.165) is 12.1 Å². The van der Waals surface area contributed by atoms with Gasteiger partial charge in [-0.25, -0.2) is 8.78 Å². The summed E-state index contributed by atoms with van der Waals surface area (Å²) in [5.41, 5.74) is -1.19. The number of quaternary nitrogens is 1. The number of hydrogen-bond donors (Lipinski definition) is 0. The SMILES string of the molecule is [2H]C([2H])([2H])C([2H])([2H])[N+]1([O-])CCC(OC)(c2ccc(F)c(F)c2)C1. The van der Waals surface area contributed by atoms with Crippen LogP contribution >= 0.6 is 0 Å². The molecule has 1 aromatic rings. The molecular formula is C13H17F2NO2. The van der Waals surface area contributed by atoms with Crippen molar-refractivity contribution in [2.24, 2.45) is 0 Å². The molecule has 2 atom stereocenters. The first-order valence-corrected chi connectivity index (χ1v) is 5.47. The van der Waals surface area contributed by atoms with Crippen molar-refractivity contribution in [3.05, 3.63) is 40.6 Å². The predicted molar refractivity (Wildman–Crippen MR) is 63.6 cm³/mol. The molecule has 2 rings (SSSR count). The molecule has 0 bridgehead atoms. The Morgan fingerprint density at radius 3 is 2.94 bits per heavy atom. The zero-order chi connectivity index (χ0) is 17.7. The summed E-state index contributed by atoms with van der Waals surface area (Å²) in [5.74, 6) is -2.17. The molecule has 3 nitrogen and oxygen atoms in total. The first kappa shape index (κ1) is 8.19. The Bertz CT molecular complexity index is 613. The molecule has 5 heteroatoms. The highest BCUT2D eigenvalue weighted by Gasteiger charge is 2.46. The van der Waals surface area contributed by atoms with Crippen molar-refractivity contribution in [3.63, 3.8) is 0 Å². The van der Waals surface area contributed by atoms with Crippen LogP contribution < -0.4 is 0 Å². The zero-order valence-electron chi connectivity index (χ0n) is 14.9. The van der Waals surface area contributed by atoms with Gasteiger partial charge in [0, 0.05) is 17.6 Å². The van der Waals surface area contributed by atoms with E-state index in [1.165, 1.54) is 13.2 Å². The normalized spacial score (nSPS) is 37.4. The van der Waals surface area contributed by atoms with Gasteiger partial charge in [-0.1, -0.05) is 6.07 Å². The Kier molecular flexibility index (Phi) is 2.08. The summed E-state index contributed by atoms with van der Waals surface area (Å²) in [6.45, 7) is -7.04. The number of likely N-dealkylation sites (N-methyl/N-ethyl adjacent to an activating group) is 1. The second kappa shape index (κ2) is 4.57. The molecule has 1 saturated heterocycles. The van der Waals surface area contributed by atoms with E-state index in [-0.39, 0.29) is 18.5 Å². The molecule has 100 valence electrons. The van der Waals surface area contributed by atoms with Crippen LogP contribution in [-0.4, -0.2) is 31.3 Å². The lowest BCUT2D eigenvalue weighted by atomic mass is 9.92. The van der Waals surface area contributed by atoms with Crippen LogP contribution in [0.5, 0.6) is 0 Å². The summed E-state index contributed by atoms with van der Waals surface area (Å²) in [6, 6.07) is 3.03. The first-order valence-electron chi connectivity index (χ1n) is 7.97. The number of hydrogen-bond acceptors (Lipinski definition) is 2. The molecule has 0 amide bonds. The minimum atomic E-state index is -3.12. The number of methoxy groups -OCH3 is 1. The molecule has 0 saturated carbocycles. The lowest BCUT2D eigenvalue weighted by molar-refractivity contribution is -0.869. The summed E-state index contributed by atoms with van der Waals surface area (Å²) >= 11 is 0. The van der Waals surface area contributed by atoms with Gasteiger partial charge in [0.15, 0.2) is 11.6 Å². The first-order chi connectivity index (χ1) is 10.4. The number of hydroxylamine groups is 3. The third-order valence-corrected chi connectivity index (χ3v) is 3.43. The van der Waals surface area contributed by atoms with Crippen LogP contribution in [0.2, 0.25) is 0 Å². The summed E-state index contributed by atoms with van der Waals surface area (Å²) in [4.78, 5) is 0. The predicted octanol–water partition coefficient (Wildman–Crippen LogP) is 2.54. The van der Waals surface area contributed by atoms with Crippen LogP contribution in [0.3, 0.4) is 0 Å². The molecule has 1 aliphatic rings. The van der Waals surface area contributed by atoms with Gasteiger partial charge in [0.1, 0.15) is 12.1 Å². The Hall–Kier alpha value is -1.04. The standard InChI is InChI=1S/C13H17F2NO2/c1-3-16(17)7-6-13(9-16,18-2)10-4-5-11(14)12(15)8-10/h4-5,8H,3,6-7,9H2,1-2H3/i1D3,3D2. The Morgan fingerprint density at radius 2 is 2.33 bits per heavy atom. The summed E-state index contributed by atoms with van der Waals surface area (Å²) in [5, 5.41) is 12.8. The van der Waals surface area contributed by atoms with E-state index >= 15 is 0 Å². The third kappa shape index (κ3) is 2.13. The molecule has 2 unspecified atom stereocenters. The van der Waals surface area contributed by atoms with Crippen LogP contribution in [0.1, 0.15) is 25.7 Å². The van der Waals surface area contributed by atoms with Crippen molar-refractivity contribution in [3.8, 4) is 0 Å². The van der Waals surface area contributed by atoms with Gasteiger partial charge in [-0.2, -0.15) is 0 Å². The van der Waals surface area contributed by atoms with Crippen molar-refractivity contribution in [2.45, 2.75) is 18.9 Å². The van der Waals surface area contributed by atoms with E-state index in [9.17, 15) is 14.0 Å². The monoisotopic (exact) mass is 262 g/mol. The van der Waals surface area contributed by atoms with E-state index in [1.54, 1.807) is 0 Å². The number of rotatable bonds is 3. The van der Waals surface area contributed by atoms with E-state index < -0.39 is 41.8 Å². The van der Waals surface area contributed by atoms with Gasteiger partial charge >= 0.3 is 0 Å². The van der Waals surface area contributed by atoms with Gasteiger partial charge in [-0.3, -0.25) is 0 Å². The number of benzene rings is 1. The van der Waals surface area contributed by atoms with Gasteiger partial charge in [0.05, 0.1) is 15.8 Å². The molecular weight excluding hydrogens is 240 g/mol. The Labute approximate surface area is 112 Å². The lowest BCUT2D eigenvalue weighted by Crippen LogP contribution is -2.43. The molecule has 1 fully saturated rings. The van der Waals surface area contributed by atoms with Gasteiger partial charge < -0.3 is 14.6 Å². The van der Waals surface area contributed by atoms with Crippen LogP contribution in [0.4, 0.5) is 8.78 Å². The summed E-state index contributed by atoms with van der Waals surface area (Å²) < 4.78 is 67.5. The molecule has 1 aliphatic heterocycles. The average molecular weight is 262 g/mol. The highest BCUT2D eigenvalue weighted by atomic mass is 19.2. The fourth-order valence-corrected chi connectivity index (χ4v) is 2.33. The van der Waals surface area contributed by atoms with Crippen LogP contribution in [0, 0.1) is 16.8 Å². The number of nitrogens with zero attached hydrogens (tertiary/aromatic N) is 1. The second-order valence-electron chi connectivity index (χ2n) is 4.46. The van der Waals surface area contributed by atoms with Crippen molar-refractivity contribution in [1.29, 1.82) is 0 Å². The highest BCUT2D eigenvalue weighted by molar-refractivity contribution is 5.25. The molecule has 18 heavy (non-hydrogen) atoms. The summed E-state index contributed by atoms with van der Waals surface area (Å²) in [7, 11) is 1.27. The van der Waals surface area contributed by atoms with Crippen molar-refractivity contribution in [2.75, 3.05) is 26.7 Å². The van der Waals surface area contributed by atoms with Crippen LogP contribution in [-0.2, 0) is 10.3 Å². The minimum absolute atomic E-state index is 0.00629. The smallest absolute Gasteiger partial charge is 0.159 e. The van der Waals surface area contributed by atoms with E-state index in [2.05, 4.69) is 0 Å². The number of halogens is 2. The zero-order valence-corrected chi connectivity index (χ0v) is 9.87. The second-order valence-corrected chi connectivity index (χ2v) is 4.46. The van der Waals surface area contributed by atoms with Gasteiger partial charge in [-0.15, -0.1) is 0 Å². The van der Waals surface area contributed by atoms with Crippen molar-refractivity contribution < 1.29 is 25.0 Å². The lowest BCUT2D eigenvalue weighted by Gasteiger charge is -2.39. The van der Waals surface area contributed by atoms with Crippen molar-refractivity contribution >= 4 is 0 Å². The Morgan fingerprint density at radius 1 is 1.56 bits per heavy atom. The largest absolute Gasteiger partial charge is 0.633 e. The van der Waals surface area contributed by atoms with Gasteiger partial charge in [-0.05, 0) is 24.5 Å². The summed E-state index contributed by atoms with van der Waals surface area (Å²) in [6.07, 6.45) is -0.00629. The molecule has 0 N–H and O–H groups in total. The number of likely N-dealkylation sites (tertiary alicyclic amines) is 1. The maximum atomic E-state index is 13.5. The quantitative estimate of drug-likeness (QED) is 0.619. The minimum Gasteiger partial charge on any atom is -0.633 e. The molecule has 0 spiro atoms. The van der Waals surface area contributed by atoms with E-state index in [0.29, 0.717) is 0 Å². The molecule has 0 aliphatic carbocycles. The van der Waals surface area contributed by atoms with Crippen LogP contribution in [0.25, 0.3) is 0 Å². The molecule has 0 aromatic heterocycles. The van der Waals surface area contributed by atoms with Crippen molar-refractivity contribution in [1.82, 2.24) is 0 Å². The fraction of sp³-hybridized carbons (Fsp3) is 0.538. The third-order valence-electron chi connectivity index (χ3n) is 3.43. The molecule has 0 radical (unpaired) electrons. The molecule has 1 aromatic carbocycles. The molecule has 1 heterocycles. The average Bonchev–Trinajstić information content (AvgIpc) is 2.81. The van der Waals surface area contributed by atoms with Crippen LogP contribution in [0.15, 0.2) is 18.2 Å². The Balaban J connectivity index is 2.43. The maximum absolute atomic E-state index is 13.5. The topological polar surface area (TPSA) is 32.3 Å². The number of ether oxygens (including phenoxy) is 1. The van der Waals surface area contributed by atoms with Gasteiger partial charge in [0.2, 0.25) is 0 Å².